The number of hydrogen-bond donors (Lipinski definition) is 3. The topological polar surface area (TPSA) is 70.2 Å². The van der Waals surface area contributed by atoms with Gasteiger partial charge in [0.2, 0.25) is 11.8 Å². The molecule has 8 heteroatoms. The molecular weight excluding hydrogens is 500 g/mol. The lowest BCUT2D eigenvalue weighted by Gasteiger charge is -2.37. The second kappa shape index (κ2) is 9.30. The summed E-state index contributed by atoms with van der Waals surface area (Å²) in [5.41, 5.74) is 0.178. The molecule has 4 atom stereocenters. The number of nitrogens with one attached hydrogen (secondary N) is 3. The van der Waals surface area contributed by atoms with Crippen molar-refractivity contribution >= 4 is 40.7 Å². The van der Waals surface area contributed by atoms with Gasteiger partial charge in [-0.3, -0.25) is 9.59 Å². The van der Waals surface area contributed by atoms with Gasteiger partial charge in [0.25, 0.3) is 0 Å². The predicted molar refractivity (Wildman–Crippen MR) is 141 cm³/mol. The molecule has 2 fully saturated rings. The fourth-order valence-electron chi connectivity index (χ4n) is 6.51. The lowest BCUT2D eigenvalue weighted by atomic mass is 9.62. The van der Waals surface area contributed by atoms with E-state index in [2.05, 4.69) is 36.7 Å². The maximum absolute atomic E-state index is 15.7. The van der Waals surface area contributed by atoms with Gasteiger partial charge in [-0.1, -0.05) is 75.0 Å². The van der Waals surface area contributed by atoms with Crippen molar-refractivity contribution in [2.24, 2.45) is 5.41 Å². The van der Waals surface area contributed by atoms with Crippen molar-refractivity contribution in [1.29, 1.82) is 0 Å². The molecular formula is C28H32Cl2FN3O2. The first-order chi connectivity index (χ1) is 17.0. The molecule has 2 amide bonds. The number of halogens is 3. The SMILES string of the molecule is CC(C)(C)CC1NC(C(=O)NC2CCCC2)C(c2cccc(Cl)c2F)C12C(=O)Nc1cc(Cl)ccc12. The van der Waals surface area contributed by atoms with Crippen LogP contribution in [0.5, 0.6) is 0 Å². The Labute approximate surface area is 221 Å². The molecule has 2 aromatic rings. The summed E-state index contributed by atoms with van der Waals surface area (Å²) in [6.07, 6.45) is 4.58. The minimum atomic E-state index is -1.23. The maximum atomic E-state index is 15.7. The third-order valence-corrected chi connectivity index (χ3v) is 8.45. The van der Waals surface area contributed by atoms with Crippen molar-refractivity contribution in [3.8, 4) is 0 Å². The van der Waals surface area contributed by atoms with Crippen LogP contribution in [0.15, 0.2) is 36.4 Å². The summed E-state index contributed by atoms with van der Waals surface area (Å²) >= 11 is 12.5. The van der Waals surface area contributed by atoms with Crippen LogP contribution in [0.25, 0.3) is 0 Å². The molecule has 1 saturated carbocycles. The van der Waals surface area contributed by atoms with Gasteiger partial charge in [-0.15, -0.1) is 0 Å². The smallest absolute Gasteiger partial charge is 0.238 e. The van der Waals surface area contributed by atoms with E-state index in [1.165, 1.54) is 6.07 Å². The molecule has 0 aromatic heterocycles. The van der Waals surface area contributed by atoms with Crippen LogP contribution in [-0.4, -0.2) is 29.9 Å². The zero-order chi connectivity index (χ0) is 25.8. The van der Waals surface area contributed by atoms with E-state index in [0.717, 1.165) is 31.2 Å². The van der Waals surface area contributed by atoms with E-state index >= 15 is 4.39 Å². The molecule has 0 bridgehead atoms. The van der Waals surface area contributed by atoms with Crippen LogP contribution in [0.2, 0.25) is 10.0 Å². The molecule has 1 aliphatic carbocycles. The minimum Gasteiger partial charge on any atom is -0.352 e. The van der Waals surface area contributed by atoms with Crippen LogP contribution in [0.3, 0.4) is 0 Å². The molecule has 192 valence electrons. The number of benzene rings is 2. The Balaban J connectivity index is 1.72. The summed E-state index contributed by atoms with van der Waals surface area (Å²) in [5, 5.41) is 10.2. The molecule has 3 N–H and O–H groups in total. The number of carbonyl (C=O) groups is 2. The summed E-state index contributed by atoms with van der Waals surface area (Å²) in [6, 6.07) is 8.94. The lowest BCUT2D eigenvalue weighted by Crippen LogP contribution is -2.49. The summed E-state index contributed by atoms with van der Waals surface area (Å²) in [4.78, 5) is 27.9. The molecule has 0 radical (unpaired) electrons. The van der Waals surface area contributed by atoms with Crippen LogP contribution in [0, 0.1) is 11.2 Å². The van der Waals surface area contributed by atoms with Gasteiger partial charge in [0.1, 0.15) is 11.2 Å². The number of amides is 2. The first-order valence-electron chi connectivity index (χ1n) is 12.6. The zero-order valence-corrected chi connectivity index (χ0v) is 22.3. The maximum Gasteiger partial charge on any atom is 0.238 e. The molecule has 2 aliphatic heterocycles. The first-order valence-corrected chi connectivity index (χ1v) is 13.4. The second-order valence-corrected chi connectivity index (χ2v) is 12.4. The molecule has 5 nitrogen and oxygen atoms in total. The first kappa shape index (κ1) is 25.5. The summed E-state index contributed by atoms with van der Waals surface area (Å²) < 4.78 is 15.7. The number of fused-ring (bicyclic) bond motifs is 2. The van der Waals surface area contributed by atoms with Crippen molar-refractivity contribution < 1.29 is 14.0 Å². The molecule has 36 heavy (non-hydrogen) atoms. The number of anilines is 1. The van der Waals surface area contributed by atoms with Crippen LogP contribution in [-0.2, 0) is 15.0 Å². The highest BCUT2D eigenvalue weighted by molar-refractivity contribution is 6.31. The zero-order valence-electron chi connectivity index (χ0n) is 20.8. The molecule has 4 unspecified atom stereocenters. The van der Waals surface area contributed by atoms with Crippen molar-refractivity contribution in [2.75, 3.05) is 5.32 Å². The van der Waals surface area contributed by atoms with Crippen molar-refractivity contribution in [1.82, 2.24) is 10.6 Å². The van der Waals surface area contributed by atoms with Gasteiger partial charge in [-0.05, 0) is 54.0 Å². The summed E-state index contributed by atoms with van der Waals surface area (Å²) in [7, 11) is 0. The second-order valence-electron chi connectivity index (χ2n) is 11.6. The number of carbonyl (C=O) groups excluding carboxylic acids is 2. The lowest BCUT2D eigenvalue weighted by molar-refractivity contribution is -0.124. The molecule has 2 aromatic carbocycles. The molecule has 5 rings (SSSR count). The standard InChI is InChI=1S/C28H32Cl2FN3O2/c1-27(2,3)14-21-28(18-12-11-15(29)13-20(18)33-26(28)36)22(17-9-6-10-19(30)23(17)31)24(34-21)25(35)32-16-7-4-5-8-16/h6,9-13,16,21-22,24,34H,4-5,7-8,14H2,1-3H3,(H,32,35)(H,33,36). The van der Waals surface area contributed by atoms with Crippen molar-refractivity contribution in [3.05, 3.63) is 63.4 Å². The van der Waals surface area contributed by atoms with Gasteiger partial charge in [0, 0.05) is 28.7 Å². The van der Waals surface area contributed by atoms with Crippen LogP contribution >= 0.6 is 23.2 Å². The summed E-state index contributed by atoms with van der Waals surface area (Å²) in [5.74, 6) is -1.89. The fourth-order valence-corrected chi connectivity index (χ4v) is 6.87. The van der Waals surface area contributed by atoms with Crippen LogP contribution < -0.4 is 16.0 Å². The highest BCUT2D eigenvalue weighted by Gasteiger charge is 2.66. The average Bonchev–Trinajstić information content (AvgIpc) is 3.48. The Morgan fingerprint density at radius 2 is 1.89 bits per heavy atom. The number of hydrogen-bond acceptors (Lipinski definition) is 3. The molecule has 3 aliphatic rings. The van der Waals surface area contributed by atoms with Crippen LogP contribution in [0.4, 0.5) is 10.1 Å². The Morgan fingerprint density at radius 3 is 2.58 bits per heavy atom. The molecule has 1 saturated heterocycles. The van der Waals surface area contributed by atoms with Gasteiger partial charge in [0.15, 0.2) is 0 Å². The van der Waals surface area contributed by atoms with Gasteiger partial charge < -0.3 is 16.0 Å². The Hall–Kier alpha value is -2.15. The van der Waals surface area contributed by atoms with E-state index in [9.17, 15) is 9.59 Å². The normalized spacial score (nSPS) is 27.9. The Kier molecular flexibility index (Phi) is 6.59. The van der Waals surface area contributed by atoms with Crippen molar-refractivity contribution in [2.45, 2.75) is 82.3 Å². The molecule has 1 spiro atoms. The largest absolute Gasteiger partial charge is 0.352 e. The fraction of sp³-hybridized carbons (Fsp3) is 0.500. The molecule has 2 heterocycles. The van der Waals surface area contributed by atoms with Crippen molar-refractivity contribution in [3.63, 3.8) is 0 Å². The third kappa shape index (κ3) is 4.21. The van der Waals surface area contributed by atoms with E-state index in [-0.39, 0.29) is 33.9 Å². The predicted octanol–water partition coefficient (Wildman–Crippen LogP) is 5.94. The van der Waals surface area contributed by atoms with Gasteiger partial charge >= 0.3 is 0 Å². The van der Waals surface area contributed by atoms with Crippen LogP contribution in [0.1, 0.15) is 69.9 Å². The van der Waals surface area contributed by atoms with Gasteiger partial charge in [0.05, 0.1) is 11.1 Å². The van der Waals surface area contributed by atoms with E-state index in [1.54, 1.807) is 24.3 Å². The highest BCUT2D eigenvalue weighted by atomic mass is 35.5. The monoisotopic (exact) mass is 531 g/mol. The highest BCUT2D eigenvalue weighted by Crippen LogP contribution is 2.57. The average molecular weight is 532 g/mol. The summed E-state index contributed by atoms with van der Waals surface area (Å²) in [6.45, 7) is 6.29. The van der Waals surface area contributed by atoms with E-state index in [1.807, 2.05) is 6.07 Å². The van der Waals surface area contributed by atoms with Gasteiger partial charge in [-0.2, -0.15) is 0 Å². The van der Waals surface area contributed by atoms with Gasteiger partial charge in [-0.25, -0.2) is 4.39 Å². The minimum absolute atomic E-state index is 0.0355. The van der Waals surface area contributed by atoms with E-state index in [4.69, 9.17) is 23.2 Å². The quantitative estimate of drug-likeness (QED) is 0.457. The van der Waals surface area contributed by atoms with E-state index in [0.29, 0.717) is 17.1 Å². The number of rotatable bonds is 4. The Morgan fingerprint density at radius 1 is 1.17 bits per heavy atom. The van der Waals surface area contributed by atoms with E-state index < -0.39 is 29.2 Å². The third-order valence-electron chi connectivity index (χ3n) is 7.92. The Bertz CT molecular complexity index is 1210.